The van der Waals surface area contributed by atoms with Crippen LogP contribution in [-0.4, -0.2) is 183 Å². The smallest absolute Gasteiger partial charge is 0.313 e. The molecule has 638 valence electrons. The average molecular weight is 1650 g/mol. The molecule has 0 aliphatic carbocycles. The summed E-state index contributed by atoms with van der Waals surface area (Å²) in [6.07, 6.45) is 21.8. The summed E-state index contributed by atoms with van der Waals surface area (Å²) in [4.78, 5) is 43.2. The van der Waals surface area contributed by atoms with Crippen LogP contribution in [0.1, 0.15) is 218 Å². The van der Waals surface area contributed by atoms with Crippen LogP contribution in [0.5, 0.6) is 0 Å². The highest BCUT2D eigenvalue weighted by atomic mass is 28.4. The first-order chi connectivity index (χ1) is 50.5. The zero-order chi connectivity index (χ0) is 84.5. The Labute approximate surface area is 679 Å². The van der Waals surface area contributed by atoms with Crippen LogP contribution in [-0.2, 0) is 83.9 Å². The van der Waals surface area contributed by atoms with Crippen molar-refractivity contribution in [2.75, 3.05) is 14.2 Å². The van der Waals surface area contributed by atoms with E-state index in [0.717, 1.165) is 0 Å². The number of hydrogen-bond acceptors (Lipinski definition) is 18. The van der Waals surface area contributed by atoms with E-state index < -0.39 is 150 Å². The maximum atomic E-state index is 15.2. The molecule has 0 aromatic heterocycles. The van der Waals surface area contributed by atoms with Gasteiger partial charge in [-0.1, -0.05) is 203 Å². The first kappa shape index (κ1) is 98.7. The standard InChI is InChI=1S/C87H157NO18Si5/c1-59-49-47-45-43-41-39-37-38-40-42-44-46-48-50-64(96-79-77(106-111(35,36)84(18,19)20)74(88-63(5)89)76(62(4)95-79)105-110(33,34)83(15,16)17)54-70-73(78(91)92-25)71(103-108(29,30)81(9,10)11)58-87(93-26,101-70)57-67(102-107(27,28)80(6,7)8)55-69-68(99-86(23,24)100-69)52-51-65-53-66(98-85(21,22)97-65)56-72(90)94-61(3)60(2)75(59)104-109(31,32)82(12,13)14/h37-50,59-62,64-71,73-77,79H,51-58H2,1-36H3,(H,88,89)/b38-37+,41-39+,42-40+,45-43+,46-44+,49-47+,50-48+/t59-,60-,61-,62+,64-,65+,66+,67-,68+,69+,70-,71-,73-,74-,75+,76+,77-,79+,87+/m0/s1. The lowest BCUT2D eigenvalue weighted by molar-refractivity contribution is -0.315. The molecule has 0 saturated carbocycles. The molecule has 0 radical (unpaired) electrons. The third-order valence-corrected chi connectivity index (χ3v) is 48.1. The van der Waals surface area contributed by atoms with Gasteiger partial charge in [-0.3, -0.25) is 14.4 Å². The van der Waals surface area contributed by atoms with Gasteiger partial charge in [-0.25, -0.2) is 0 Å². The minimum absolute atomic E-state index is 0.00337. The zero-order valence-corrected chi connectivity index (χ0v) is 81.0. The van der Waals surface area contributed by atoms with E-state index in [2.05, 4.69) is 201 Å². The number of rotatable bonds is 15. The number of esters is 2. The number of fused-ring (bicyclic) bond motifs is 5. The molecule has 4 bridgehead atoms. The number of nitrogens with one attached hydrogen (secondary N) is 1. The molecule has 5 rings (SSSR count). The summed E-state index contributed by atoms with van der Waals surface area (Å²) < 4.78 is 106. The summed E-state index contributed by atoms with van der Waals surface area (Å²) in [5, 5.41) is 2.34. The molecule has 5 aliphatic heterocycles. The number of carbonyl (C=O) groups is 3. The lowest BCUT2D eigenvalue weighted by Gasteiger charge is -2.53. The number of hydrogen-bond donors (Lipinski definition) is 1. The number of methoxy groups -OCH3 is 2. The normalized spacial score (nSPS) is 35.1. The molecule has 111 heavy (non-hydrogen) atoms. The zero-order valence-electron chi connectivity index (χ0n) is 76.0. The van der Waals surface area contributed by atoms with Crippen molar-refractivity contribution in [2.45, 2.75) is 417 Å². The summed E-state index contributed by atoms with van der Waals surface area (Å²) in [7, 11) is -9.84. The van der Waals surface area contributed by atoms with Gasteiger partial charge < -0.3 is 74.8 Å². The molecule has 5 heterocycles. The number of amides is 1. The third kappa shape index (κ3) is 28.2. The highest BCUT2D eigenvalue weighted by Gasteiger charge is 2.59. The van der Waals surface area contributed by atoms with Gasteiger partial charge >= 0.3 is 11.9 Å². The lowest BCUT2D eigenvalue weighted by atomic mass is 9.82. The van der Waals surface area contributed by atoms with Crippen LogP contribution in [0.2, 0.25) is 90.7 Å². The fourth-order valence-electron chi connectivity index (χ4n) is 14.0. The van der Waals surface area contributed by atoms with Crippen LogP contribution in [0, 0.1) is 17.8 Å². The van der Waals surface area contributed by atoms with E-state index in [9.17, 15) is 9.59 Å². The Bertz CT molecular complexity index is 3210. The summed E-state index contributed by atoms with van der Waals surface area (Å²) in [5.41, 5.74) is 0. The van der Waals surface area contributed by atoms with Crippen LogP contribution in [0.25, 0.3) is 0 Å². The maximum absolute atomic E-state index is 15.2. The van der Waals surface area contributed by atoms with Crippen molar-refractivity contribution in [3.05, 3.63) is 85.1 Å². The van der Waals surface area contributed by atoms with E-state index in [1.165, 1.54) is 14.0 Å². The van der Waals surface area contributed by atoms with Crippen molar-refractivity contribution in [1.82, 2.24) is 5.32 Å². The Kier molecular flexibility index (Phi) is 34.6. The van der Waals surface area contributed by atoms with Crippen molar-refractivity contribution in [3.8, 4) is 0 Å². The van der Waals surface area contributed by atoms with Gasteiger partial charge in [0, 0.05) is 52.1 Å². The summed E-state index contributed by atoms with van der Waals surface area (Å²) in [5.74, 6) is -5.57. The Balaban J connectivity index is 1.77. The molecular formula is C87H157NO18Si5. The summed E-state index contributed by atoms with van der Waals surface area (Å²) in [6.45, 7) is 73.0. The predicted octanol–water partition coefficient (Wildman–Crippen LogP) is 20.4. The first-order valence-corrected chi connectivity index (χ1v) is 55.9. The van der Waals surface area contributed by atoms with Crippen LogP contribution in [0.4, 0.5) is 0 Å². The highest BCUT2D eigenvalue weighted by molar-refractivity contribution is 6.75. The van der Waals surface area contributed by atoms with Crippen molar-refractivity contribution in [3.63, 3.8) is 0 Å². The van der Waals surface area contributed by atoms with Gasteiger partial charge in [0.25, 0.3) is 0 Å². The van der Waals surface area contributed by atoms with Gasteiger partial charge in [0.2, 0.25) is 5.91 Å². The van der Waals surface area contributed by atoms with E-state index in [1.807, 2.05) is 114 Å². The minimum atomic E-state index is -2.74. The van der Waals surface area contributed by atoms with Crippen LogP contribution >= 0.6 is 0 Å². The Hall–Kier alpha value is -2.85. The van der Waals surface area contributed by atoms with Gasteiger partial charge in [0.1, 0.15) is 18.1 Å². The molecule has 1 amide bonds. The highest BCUT2D eigenvalue weighted by Crippen LogP contribution is 2.50. The topological polar surface area (TPSA) is 202 Å². The minimum Gasteiger partial charge on any atom is -0.469 e. The van der Waals surface area contributed by atoms with Crippen LogP contribution in [0.15, 0.2) is 85.1 Å². The average Bonchev–Trinajstić information content (AvgIpc) is 1.11. The number of carbonyl (C=O) groups excluding carboxylic acids is 3. The SMILES string of the molecule is COC(=O)[C@H]1[C@@H]2C[C@@H](O[C@H]3O[C@H](C)[C@@H](O[Si](C)(C)C(C)(C)C)[C@H](NC(C)=O)[C@@H]3O[Si](C)(C)C(C)(C)C)/C=C/C=C/C=C/C=C/C=C/C=C/C=C/[C@H](C)[C@@H](O[Si](C)(C)C(C)(C)C)[C@@H](C)[C@H](C)OC(=O)C[C@H]3C[C@@H](CC[C@H]4OC(C)(C)O[C@@H]4C[C@H](O[Si](C)(C)C(C)(C)C)C[C@](OC)(C[C@@H]1O[Si](C)(C)C(C)(C)C)O2)OC(C)(C)O3. The molecule has 1 N–H and O–H groups in total. The van der Waals surface area contributed by atoms with E-state index >= 15 is 4.79 Å². The fourth-order valence-corrected chi connectivity index (χ4v) is 20.8. The van der Waals surface area contributed by atoms with Crippen molar-refractivity contribution >= 4 is 59.4 Å². The quantitative estimate of drug-likeness (QED) is 0.120. The van der Waals surface area contributed by atoms with Crippen molar-refractivity contribution < 1.29 is 83.9 Å². The third-order valence-electron chi connectivity index (χ3n) is 25.7. The second-order valence-electron chi connectivity index (χ2n) is 41.0. The lowest BCUT2D eigenvalue weighted by Crippen LogP contribution is -2.69. The van der Waals surface area contributed by atoms with E-state index in [-0.39, 0.29) is 86.8 Å². The number of allylic oxidation sites excluding steroid dienone is 12. The molecule has 19 nitrogen and oxygen atoms in total. The molecule has 0 aromatic carbocycles. The maximum Gasteiger partial charge on any atom is 0.313 e. The first-order valence-electron chi connectivity index (χ1n) is 41.4. The van der Waals surface area contributed by atoms with Gasteiger partial charge in [0.05, 0.1) is 86.7 Å². The Morgan fingerprint density at radius 3 is 1.41 bits per heavy atom. The fraction of sp³-hybridized carbons (Fsp3) is 0.805. The molecule has 0 unspecified atom stereocenters. The summed E-state index contributed by atoms with van der Waals surface area (Å²) in [6, 6.07) is -0.696. The van der Waals surface area contributed by atoms with Crippen molar-refractivity contribution in [2.24, 2.45) is 17.8 Å². The van der Waals surface area contributed by atoms with Crippen LogP contribution in [0.3, 0.4) is 0 Å². The second kappa shape index (κ2) is 38.9. The molecule has 0 spiro atoms. The van der Waals surface area contributed by atoms with Crippen LogP contribution < -0.4 is 5.32 Å². The largest absolute Gasteiger partial charge is 0.469 e. The molecule has 4 saturated heterocycles. The molecular weight excluding hydrogens is 1490 g/mol. The second-order valence-corrected chi connectivity index (χ2v) is 64.8. The van der Waals surface area contributed by atoms with Gasteiger partial charge in [-0.2, -0.15) is 0 Å². The van der Waals surface area contributed by atoms with E-state index in [0.29, 0.717) is 25.7 Å². The van der Waals surface area contributed by atoms with Gasteiger partial charge in [-0.15, -0.1) is 0 Å². The van der Waals surface area contributed by atoms with E-state index in [1.54, 1.807) is 7.11 Å². The molecule has 0 aromatic rings. The predicted molar refractivity (Wildman–Crippen MR) is 460 cm³/mol. The number of cyclic esters (lactones) is 1. The molecule has 19 atom stereocenters. The van der Waals surface area contributed by atoms with Gasteiger partial charge in [0.15, 0.2) is 65.2 Å². The number of ether oxygens (including phenoxy) is 10. The molecule has 5 aliphatic rings. The molecule has 24 heteroatoms. The Morgan fingerprint density at radius 2 is 0.928 bits per heavy atom. The Morgan fingerprint density at radius 1 is 0.486 bits per heavy atom. The van der Waals surface area contributed by atoms with Gasteiger partial charge in [-0.05, 0) is 151 Å². The monoisotopic (exact) mass is 1640 g/mol. The van der Waals surface area contributed by atoms with Crippen molar-refractivity contribution in [1.29, 1.82) is 0 Å². The summed E-state index contributed by atoms with van der Waals surface area (Å²) >= 11 is 0. The molecule has 4 fully saturated rings. The van der Waals surface area contributed by atoms with E-state index in [4.69, 9.17) is 69.5 Å².